The Bertz CT molecular complexity index is 468. The van der Waals surface area contributed by atoms with Gasteiger partial charge in [0.25, 0.3) is 5.91 Å². The van der Waals surface area contributed by atoms with E-state index in [2.05, 4.69) is 21.2 Å². The number of carbonyl (C=O) groups excluding carboxylic acids is 1. The van der Waals surface area contributed by atoms with Gasteiger partial charge in [-0.3, -0.25) is 4.79 Å². The number of benzene rings is 1. The molecule has 19 heavy (non-hydrogen) atoms. The van der Waals surface area contributed by atoms with Crippen molar-refractivity contribution in [1.29, 1.82) is 0 Å². The molecule has 1 saturated heterocycles. The number of hydrogen-bond donors (Lipinski definition) is 1. The number of amides is 1. The SMILES string of the molecule is CNCC1CN(C(=O)c2ccc(Br)c(F)c2)CCO1. The van der Waals surface area contributed by atoms with Crippen LogP contribution >= 0.6 is 15.9 Å². The lowest BCUT2D eigenvalue weighted by Gasteiger charge is -2.33. The predicted octanol–water partition coefficient (Wildman–Crippen LogP) is 1.65. The maximum atomic E-state index is 13.5. The molecule has 1 atom stereocenters. The first kappa shape index (κ1) is 14.4. The Hall–Kier alpha value is -0.980. The summed E-state index contributed by atoms with van der Waals surface area (Å²) in [5.41, 5.74) is 0.366. The average molecular weight is 331 g/mol. The highest BCUT2D eigenvalue weighted by Crippen LogP contribution is 2.18. The van der Waals surface area contributed by atoms with Crippen molar-refractivity contribution in [2.75, 3.05) is 33.3 Å². The Kier molecular flexibility index (Phi) is 4.90. The predicted molar refractivity (Wildman–Crippen MR) is 73.7 cm³/mol. The number of morpholine rings is 1. The van der Waals surface area contributed by atoms with Crippen LogP contribution in [0.5, 0.6) is 0 Å². The Morgan fingerprint density at radius 2 is 2.42 bits per heavy atom. The molecule has 104 valence electrons. The van der Waals surface area contributed by atoms with E-state index in [-0.39, 0.29) is 12.0 Å². The van der Waals surface area contributed by atoms with E-state index >= 15 is 0 Å². The molecule has 1 heterocycles. The fourth-order valence-corrected chi connectivity index (χ4v) is 2.31. The van der Waals surface area contributed by atoms with Crippen molar-refractivity contribution in [1.82, 2.24) is 10.2 Å². The topological polar surface area (TPSA) is 41.6 Å². The molecule has 0 aromatic heterocycles. The summed E-state index contributed by atoms with van der Waals surface area (Å²) in [5, 5.41) is 3.02. The lowest BCUT2D eigenvalue weighted by Crippen LogP contribution is -2.48. The number of nitrogens with zero attached hydrogens (tertiary/aromatic N) is 1. The molecule has 2 rings (SSSR count). The first-order valence-electron chi connectivity index (χ1n) is 6.12. The van der Waals surface area contributed by atoms with Crippen molar-refractivity contribution >= 4 is 21.8 Å². The van der Waals surface area contributed by atoms with Gasteiger partial charge in [0, 0.05) is 25.2 Å². The molecule has 1 unspecified atom stereocenters. The molecule has 0 bridgehead atoms. The average Bonchev–Trinajstić information content (AvgIpc) is 2.42. The van der Waals surface area contributed by atoms with E-state index in [9.17, 15) is 9.18 Å². The second kappa shape index (κ2) is 6.45. The van der Waals surface area contributed by atoms with E-state index in [1.165, 1.54) is 6.07 Å². The fraction of sp³-hybridized carbons (Fsp3) is 0.462. The van der Waals surface area contributed by atoms with Gasteiger partial charge in [-0.15, -0.1) is 0 Å². The molecule has 1 aliphatic rings. The van der Waals surface area contributed by atoms with Gasteiger partial charge in [0.15, 0.2) is 0 Å². The first-order valence-corrected chi connectivity index (χ1v) is 6.91. The van der Waals surface area contributed by atoms with Crippen LogP contribution in [0.2, 0.25) is 0 Å². The quantitative estimate of drug-likeness (QED) is 0.916. The van der Waals surface area contributed by atoms with E-state index in [0.717, 1.165) is 0 Å². The number of rotatable bonds is 3. The number of ether oxygens (including phenoxy) is 1. The zero-order valence-corrected chi connectivity index (χ0v) is 12.2. The molecule has 1 aromatic carbocycles. The van der Waals surface area contributed by atoms with Gasteiger partial charge in [-0.1, -0.05) is 0 Å². The number of carbonyl (C=O) groups is 1. The Morgan fingerprint density at radius 1 is 1.63 bits per heavy atom. The van der Waals surface area contributed by atoms with Gasteiger partial charge in [0.05, 0.1) is 17.2 Å². The second-order valence-electron chi connectivity index (χ2n) is 4.43. The highest BCUT2D eigenvalue weighted by atomic mass is 79.9. The number of likely N-dealkylation sites (N-methyl/N-ethyl adjacent to an activating group) is 1. The van der Waals surface area contributed by atoms with Gasteiger partial charge in [-0.25, -0.2) is 4.39 Å². The van der Waals surface area contributed by atoms with Crippen LogP contribution in [0.4, 0.5) is 4.39 Å². The molecule has 0 saturated carbocycles. The first-order chi connectivity index (χ1) is 9.11. The molecule has 0 spiro atoms. The van der Waals surface area contributed by atoms with Crippen molar-refractivity contribution in [2.45, 2.75) is 6.10 Å². The maximum Gasteiger partial charge on any atom is 0.254 e. The number of hydrogen-bond acceptors (Lipinski definition) is 3. The summed E-state index contributed by atoms with van der Waals surface area (Å²) >= 11 is 3.08. The highest BCUT2D eigenvalue weighted by Gasteiger charge is 2.24. The monoisotopic (exact) mass is 330 g/mol. The number of nitrogens with one attached hydrogen (secondary N) is 1. The van der Waals surface area contributed by atoms with Crippen LogP contribution < -0.4 is 5.32 Å². The molecule has 6 heteroatoms. The molecule has 1 amide bonds. The van der Waals surface area contributed by atoms with Gasteiger partial charge in [-0.05, 0) is 41.2 Å². The van der Waals surface area contributed by atoms with Crippen molar-refractivity contribution in [3.63, 3.8) is 0 Å². The zero-order valence-electron chi connectivity index (χ0n) is 10.7. The van der Waals surface area contributed by atoms with Gasteiger partial charge in [0.2, 0.25) is 0 Å². The van der Waals surface area contributed by atoms with Gasteiger partial charge >= 0.3 is 0 Å². The molecular formula is C13H16BrFN2O2. The largest absolute Gasteiger partial charge is 0.373 e. The van der Waals surface area contributed by atoms with Crippen LogP contribution in [0.1, 0.15) is 10.4 Å². The Balaban J connectivity index is 2.08. The van der Waals surface area contributed by atoms with E-state index in [4.69, 9.17) is 4.74 Å². The smallest absolute Gasteiger partial charge is 0.254 e. The lowest BCUT2D eigenvalue weighted by atomic mass is 10.1. The summed E-state index contributed by atoms with van der Waals surface area (Å²) in [4.78, 5) is 14.0. The van der Waals surface area contributed by atoms with Crippen LogP contribution in [0, 0.1) is 5.82 Å². The molecule has 1 fully saturated rings. The van der Waals surface area contributed by atoms with Gasteiger partial charge in [-0.2, -0.15) is 0 Å². The molecule has 1 N–H and O–H groups in total. The second-order valence-corrected chi connectivity index (χ2v) is 5.28. The van der Waals surface area contributed by atoms with Crippen molar-refractivity contribution < 1.29 is 13.9 Å². The standard InChI is InChI=1S/C13H16BrFN2O2/c1-16-7-10-8-17(4-5-19-10)13(18)9-2-3-11(14)12(15)6-9/h2-3,6,10,16H,4-5,7-8H2,1H3. The minimum Gasteiger partial charge on any atom is -0.373 e. The molecule has 0 aliphatic carbocycles. The summed E-state index contributed by atoms with van der Waals surface area (Å²) in [6.45, 7) is 2.27. The Morgan fingerprint density at radius 3 is 3.11 bits per heavy atom. The summed E-state index contributed by atoms with van der Waals surface area (Å²) in [7, 11) is 1.84. The third-order valence-corrected chi connectivity index (χ3v) is 3.67. The van der Waals surface area contributed by atoms with Gasteiger partial charge in [0.1, 0.15) is 5.82 Å². The highest BCUT2D eigenvalue weighted by molar-refractivity contribution is 9.10. The Labute approximate surface area is 120 Å². The zero-order chi connectivity index (χ0) is 13.8. The fourth-order valence-electron chi connectivity index (χ4n) is 2.07. The van der Waals surface area contributed by atoms with Crippen LogP contribution in [0.15, 0.2) is 22.7 Å². The van der Waals surface area contributed by atoms with Gasteiger partial charge < -0.3 is 15.0 Å². The minimum atomic E-state index is -0.425. The molecule has 0 radical (unpaired) electrons. The maximum absolute atomic E-state index is 13.5. The molecule has 1 aliphatic heterocycles. The van der Waals surface area contributed by atoms with Crippen molar-refractivity contribution in [3.05, 3.63) is 34.1 Å². The van der Waals surface area contributed by atoms with E-state index in [1.54, 1.807) is 17.0 Å². The van der Waals surface area contributed by atoms with E-state index in [0.29, 0.717) is 36.3 Å². The molecule has 4 nitrogen and oxygen atoms in total. The summed E-state index contributed by atoms with van der Waals surface area (Å²) in [6, 6.07) is 4.43. The summed E-state index contributed by atoms with van der Waals surface area (Å²) in [5.74, 6) is -0.582. The molecular weight excluding hydrogens is 315 g/mol. The third-order valence-electron chi connectivity index (χ3n) is 3.02. The number of halogens is 2. The minimum absolute atomic E-state index is 0.0111. The third kappa shape index (κ3) is 3.52. The summed E-state index contributed by atoms with van der Waals surface area (Å²) < 4.78 is 19.4. The van der Waals surface area contributed by atoms with E-state index < -0.39 is 5.82 Å². The molecule has 1 aromatic rings. The van der Waals surface area contributed by atoms with Crippen LogP contribution in [-0.2, 0) is 4.74 Å². The van der Waals surface area contributed by atoms with Crippen LogP contribution in [0.3, 0.4) is 0 Å². The van der Waals surface area contributed by atoms with Crippen LogP contribution in [-0.4, -0.2) is 50.2 Å². The normalized spacial score (nSPS) is 19.5. The van der Waals surface area contributed by atoms with E-state index in [1.807, 2.05) is 7.05 Å². The van der Waals surface area contributed by atoms with Crippen molar-refractivity contribution in [3.8, 4) is 0 Å². The summed E-state index contributed by atoms with van der Waals surface area (Å²) in [6.07, 6.45) is -0.0111. The lowest BCUT2D eigenvalue weighted by molar-refractivity contribution is -0.0196. The van der Waals surface area contributed by atoms with Crippen LogP contribution in [0.25, 0.3) is 0 Å². The van der Waals surface area contributed by atoms with Crippen molar-refractivity contribution in [2.24, 2.45) is 0 Å².